The molecule has 1 aliphatic carbocycles. The molecule has 38 heavy (non-hydrogen) atoms. The van der Waals surface area contributed by atoms with Gasteiger partial charge in [0.15, 0.2) is 0 Å². The van der Waals surface area contributed by atoms with Crippen LogP contribution in [0.15, 0.2) is 96.2 Å². The molecule has 1 fully saturated rings. The fourth-order valence-corrected chi connectivity index (χ4v) is 6.53. The van der Waals surface area contributed by atoms with Gasteiger partial charge in [0.25, 0.3) is 0 Å². The summed E-state index contributed by atoms with van der Waals surface area (Å²) in [5.74, 6) is -2.24. The van der Waals surface area contributed by atoms with Crippen LogP contribution in [0.3, 0.4) is 0 Å². The molecule has 2 heterocycles. The summed E-state index contributed by atoms with van der Waals surface area (Å²) in [7, 11) is 1.36. The van der Waals surface area contributed by atoms with Gasteiger partial charge in [-0.1, -0.05) is 66.7 Å². The molecule has 6 nitrogen and oxygen atoms in total. The number of methoxy groups -OCH3 is 1. The molecule has 3 atom stereocenters. The number of nitrogens with zero attached hydrogens (tertiary/aromatic N) is 1. The van der Waals surface area contributed by atoms with Crippen molar-refractivity contribution in [3.05, 3.63) is 113 Å². The molecule has 6 rings (SSSR count). The van der Waals surface area contributed by atoms with Gasteiger partial charge in [-0.25, -0.2) is 9.59 Å². The van der Waals surface area contributed by atoms with Crippen molar-refractivity contribution in [2.24, 2.45) is 5.89 Å². The topological polar surface area (TPSA) is 67.9 Å². The molecule has 1 spiro atoms. The number of esters is 2. The fraction of sp³-hybridized carbons (Fsp3) is 0.312. The second-order valence-electron chi connectivity index (χ2n) is 10.2. The van der Waals surface area contributed by atoms with E-state index in [1.807, 2.05) is 42.5 Å². The van der Waals surface area contributed by atoms with Crippen LogP contribution >= 0.6 is 0 Å². The second kappa shape index (κ2) is 10.1. The first-order valence-electron chi connectivity index (χ1n) is 13.7. The number of hydrogen-bond acceptors (Lipinski definition) is 6. The number of carbonyl (C=O) groups is 2. The lowest BCUT2D eigenvalue weighted by atomic mass is 9.64. The van der Waals surface area contributed by atoms with Crippen LogP contribution in [0.4, 0.5) is 5.69 Å². The predicted octanol–water partition coefficient (Wildman–Crippen LogP) is 5.32. The van der Waals surface area contributed by atoms with Crippen LogP contribution in [0.1, 0.15) is 42.1 Å². The summed E-state index contributed by atoms with van der Waals surface area (Å²) >= 11 is 0. The largest absolute Gasteiger partial charge is 0.466 e. The van der Waals surface area contributed by atoms with E-state index in [-0.39, 0.29) is 19.1 Å². The first-order valence-corrected chi connectivity index (χ1v) is 13.2. The first-order chi connectivity index (χ1) is 19.0. The highest BCUT2D eigenvalue weighted by Gasteiger charge is 2.59. The predicted molar refractivity (Wildman–Crippen MR) is 145 cm³/mol. The molecule has 3 aromatic carbocycles. The summed E-state index contributed by atoms with van der Waals surface area (Å²) < 4.78 is 20.6. The smallest absolute Gasteiger partial charge is 0.338 e. The zero-order valence-corrected chi connectivity index (χ0v) is 21.5. The Bertz CT molecular complexity index is 1430. The Balaban J connectivity index is 1.38. The van der Waals surface area contributed by atoms with Gasteiger partial charge in [-0.15, -0.1) is 0 Å². The third kappa shape index (κ3) is 4.09. The van der Waals surface area contributed by atoms with E-state index in [0.717, 1.165) is 30.9 Å². The van der Waals surface area contributed by atoms with Gasteiger partial charge in [0.1, 0.15) is 0 Å². The maximum Gasteiger partial charge on any atom is 0.338 e. The Morgan fingerprint density at radius 3 is 2.47 bits per heavy atom. The van der Waals surface area contributed by atoms with E-state index >= 15 is 0 Å². The zero-order valence-electron chi connectivity index (χ0n) is 22.5. The third-order valence-corrected chi connectivity index (χ3v) is 8.22. The molecule has 1 saturated heterocycles. The number of rotatable bonds is 7. The molecular formula is C32H32N2O4. The molecule has 0 aromatic heterocycles. The lowest BCUT2D eigenvalue weighted by Gasteiger charge is -2.44. The lowest BCUT2D eigenvalue weighted by Crippen LogP contribution is -2.49. The van der Waals surface area contributed by atoms with Crippen molar-refractivity contribution >= 4 is 17.6 Å². The van der Waals surface area contributed by atoms with E-state index in [1.54, 1.807) is 24.3 Å². The minimum atomic E-state index is -1.30. The van der Waals surface area contributed by atoms with Gasteiger partial charge in [-0.2, -0.15) is 0 Å². The number of para-hydroxylation sites is 1. The van der Waals surface area contributed by atoms with Gasteiger partial charge in [-0.05, 0) is 54.5 Å². The molecular weight excluding hydrogens is 476 g/mol. The van der Waals surface area contributed by atoms with Crippen LogP contribution in [0.25, 0.3) is 0 Å². The van der Waals surface area contributed by atoms with Crippen molar-refractivity contribution in [1.82, 2.24) is 4.90 Å². The fourth-order valence-electron chi connectivity index (χ4n) is 6.53. The van der Waals surface area contributed by atoms with E-state index in [9.17, 15) is 11.0 Å². The molecule has 0 unspecified atom stereocenters. The van der Waals surface area contributed by atoms with E-state index in [0.29, 0.717) is 17.6 Å². The summed E-state index contributed by atoms with van der Waals surface area (Å²) in [6.45, 7) is 1.62. The Morgan fingerprint density at radius 1 is 1.00 bits per heavy atom. The Hall–Kier alpha value is -3.90. The molecule has 0 radical (unpaired) electrons. The monoisotopic (exact) mass is 509 g/mol. The summed E-state index contributed by atoms with van der Waals surface area (Å²) in [5.41, 5.74) is 4.50. The van der Waals surface area contributed by atoms with Gasteiger partial charge in [0, 0.05) is 31.9 Å². The number of nitrogens with one attached hydrogen (secondary N) is 1. The molecule has 0 bridgehead atoms. The highest BCUT2D eigenvalue weighted by atomic mass is 16.5. The van der Waals surface area contributed by atoms with Crippen molar-refractivity contribution in [3.8, 4) is 0 Å². The lowest BCUT2D eigenvalue weighted by molar-refractivity contribution is -0.137. The van der Waals surface area contributed by atoms with E-state index < -0.39 is 23.2 Å². The summed E-state index contributed by atoms with van der Waals surface area (Å²) in [6.07, 6.45) is 1.44. The number of likely N-dealkylation sites (tertiary alicyclic amines) is 1. The Kier molecular flexibility index (Phi) is 6.18. The molecule has 194 valence electrons. The summed E-state index contributed by atoms with van der Waals surface area (Å²) in [4.78, 5) is 28.5. The first kappa shape index (κ1) is 23.2. The maximum absolute atomic E-state index is 13.4. The third-order valence-electron chi connectivity index (χ3n) is 8.22. The minimum Gasteiger partial charge on any atom is -0.466 e. The highest BCUT2D eigenvalue weighted by Crippen LogP contribution is 2.59. The second-order valence-corrected chi connectivity index (χ2v) is 10.2. The molecule has 0 saturated carbocycles. The van der Waals surface area contributed by atoms with Gasteiger partial charge >= 0.3 is 11.9 Å². The number of anilines is 1. The minimum absolute atomic E-state index is 0.0143. The van der Waals surface area contributed by atoms with Crippen LogP contribution in [0.5, 0.6) is 0 Å². The number of ether oxygens (including phenoxy) is 2. The zero-order chi connectivity index (χ0) is 27.0. The van der Waals surface area contributed by atoms with E-state index in [4.69, 9.17) is 9.47 Å². The summed E-state index contributed by atoms with van der Waals surface area (Å²) in [6, 6.07) is 27.4. The highest BCUT2D eigenvalue weighted by molar-refractivity contribution is 5.93. The molecule has 0 amide bonds. The van der Waals surface area contributed by atoms with Crippen molar-refractivity contribution < 1.29 is 20.4 Å². The Labute approximate surface area is 224 Å². The Morgan fingerprint density at radius 2 is 1.71 bits per heavy atom. The van der Waals surface area contributed by atoms with Crippen LogP contribution < -0.4 is 5.32 Å². The van der Waals surface area contributed by atoms with E-state index in [1.165, 1.54) is 18.2 Å². The maximum atomic E-state index is 13.4. The SMILES string of the molecule is [2H][C@]1(CCOC(=O)c2ccccc2)C[C@@H]2N(Cc3ccccc3)CC[C@]23C(=C1C(=O)OC)Nc1ccccc13. The number of benzene rings is 3. The van der Waals surface area contributed by atoms with Crippen molar-refractivity contribution in [3.63, 3.8) is 0 Å². The average Bonchev–Trinajstić information content (AvgIpc) is 3.49. The quantitative estimate of drug-likeness (QED) is 0.435. The van der Waals surface area contributed by atoms with Crippen LogP contribution in [0.2, 0.25) is 0 Å². The average molecular weight is 510 g/mol. The van der Waals surface area contributed by atoms with Crippen LogP contribution in [-0.4, -0.2) is 43.1 Å². The van der Waals surface area contributed by atoms with Crippen molar-refractivity contribution in [1.29, 1.82) is 0 Å². The van der Waals surface area contributed by atoms with Crippen LogP contribution in [0, 0.1) is 5.89 Å². The molecule has 1 N–H and O–H groups in total. The van der Waals surface area contributed by atoms with Crippen molar-refractivity contribution in [2.45, 2.75) is 37.3 Å². The molecule has 3 aromatic rings. The standard InChI is InChI=1S/C32H32N2O4/c1-37-31(36)28-24(16-19-38-30(35)23-12-6-3-7-13-23)20-27-32(25-14-8-9-15-26(25)33-29(28)32)17-18-34(27)21-22-10-4-2-5-11-22/h2-15,24,27,33H,16-21H2,1H3/t24-,27-,32+/m0/s1/i24D. The molecule has 3 aliphatic rings. The number of carbonyl (C=O) groups excluding carboxylic acids is 2. The normalized spacial score (nSPS) is 26.0. The summed E-state index contributed by atoms with van der Waals surface area (Å²) in [5, 5.41) is 3.55. The van der Waals surface area contributed by atoms with Crippen molar-refractivity contribution in [2.75, 3.05) is 25.6 Å². The molecule has 6 heteroatoms. The van der Waals surface area contributed by atoms with Gasteiger partial charge in [-0.3, -0.25) is 4.90 Å². The van der Waals surface area contributed by atoms with Gasteiger partial charge in [0.2, 0.25) is 0 Å². The van der Waals surface area contributed by atoms with Gasteiger partial charge < -0.3 is 14.8 Å². The van der Waals surface area contributed by atoms with Crippen LogP contribution in [-0.2, 0) is 26.2 Å². The van der Waals surface area contributed by atoms with E-state index in [2.05, 4.69) is 28.4 Å². The molecule has 2 aliphatic heterocycles. The number of fused-ring (bicyclic) bond motifs is 1. The number of hydrogen-bond donors (Lipinski definition) is 1. The van der Waals surface area contributed by atoms with Gasteiger partial charge in [0.05, 0.1) is 30.3 Å².